The Morgan fingerprint density at radius 1 is 0.929 bits per heavy atom. The van der Waals surface area contributed by atoms with Crippen molar-refractivity contribution >= 4 is 0 Å². The summed E-state index contributed by atoms with van der Waals surface area (Å²) in [4.78, 5) is 0. The maximum atomic E-state index is 7.73. The van der Waals surface area contributed by atoms with Crippen molar-refractivity contribution in [1.82, 2.24) is 0 Å². The zero-order valence-electron chi connectivity index (χ0n) is 17.8. The van der Waals surface area contributed by atoms with Crippen molar-refractivity contribution < 1.29 is 12.3 Å². The Morgan fingerprint density at radius 3 is 1.86 bits per heavy atom. The molecule has 0 heterocycles. The van der Waals surface area contributed by atoms with Crippen LogP contribution in [0.4, 0.5) is 0 Å². The average molecular weight is 199 g/mol. The molecule has 0 bridgehead atoms. The van der Waals surface area contributed by atoms with E-state index in [0.29, 0.717) is 5.56 Å². The highest BCUT2D eigenvalue weighted by Gasteiger charge is 2.18. The third-order valence-electron chi connectivity index (χ3n) is 2.16. The molecule has 14 heavy (non-hydrogen) atoms. The van der Waals surface area contributed by atoms with Gasteiger partial charge in [-0.05, 0) is 22.0 Å². The standard InChI is InChI=1S/C14H22/c1-13(2,3)11-8-7-9-12(10-11)14(4,5)6/h7-10H,1-6H3/i1D3,2D3,3D3. The molecule has 0 saturated carbocycles. The Morgan fingerprint density at radius 2 is 1.43 bits per heavy atom. The minimum Gasteiger partial charge on any atom is -0.0617 e. The van der Waals surface area contributed by atoms with Crippen LogP contribution in [0.15, 0.2) is 24.3 Å². The minimum atomic E-state index is -3.22. The van der Waals surface area contributed by atoms with E-state index in [2.05, 4.69) is 0 Å². The molecule has 0 radical (unpaired) electrons. The van der Waals surface area contributed by atoms with Gasteiger partial charge >= 0.3 is 0 Å². The van der Waals surface area contributed by atoms with Gasteiger partial charge in [-0.1, -0.05) is 65.6 Å². The fourth-order valence-corrected chi connectivity index (χ4v) is 1.22. The van der Waals surface area contributed by atoms with E-state index in [0.717, 1.165) is 0 Å². The van der Waals surface area contributed by atoms with E-state index in [9.17, 15) is 0 Å². The quantitative estimate of drug-likeness (QED) is 0.585. The molecule has 0 aliphatic rings. The summed E-state index contributed by atoms with van der Waals surface area (Å²) in [6.45, 7) is -4.02. The Labute approximate surface area is 101 Å². The third kappa shape index (κ3) is 2.60. The van der Waals surface area contributed by atoms with Gasteiger partial charge in [0.25, 0.3) is 0 Å². The Bertz CT molecular complexity index is 519. The van der Waals surface area contributed by atoms with E-state index in [1.165, 1.54) is 18.2 Å². The summed E-state index contributed by atoms with van der Waals surface area (Å²) in [6, 6.07) is 5.91. The summed E-state index contributed by atoms with van der Waals surface area (Å²) in [5, 5.41) is 0. The molecule has 0 nitrogen and oxygen atoms in total. The van der Waals surface area contributed by atoms with E-state index in [1.54, 1.807) is 6.07 Å². The first-order valence-corrected chi connectivity index (χ1v) is 4.57. The first kappa shape index (κ1) is 4.00. The Balaban J connectivity index is 3.87. The molecule has 0 aromatic heterocycles. The lowest BCUT2D eigenvalue weighted by atomic mass is 9.81. The molecule has 0 unspecified atom stereocenters. The molecule has 0 aliphatic carbocycles. The van der Waals surface area contributed by atoms with Gasteiger partial charge in [0.1, 0.15) is 0 Å². The molecule has 0 aliphatic heterocycles. The van der Waals surface area contributed by atoms with Gasteiger partial charge in [0.2, 0.25) is 0 Å². The maximum Gasteiger partial charge on any atom is 0.0239 e. The number of hydrogen-bond donors (Lipinski definition) is 0. The molecule has 78 valence electrons. The van der Waals surface area contributed by atoms with Crippen LogP contribution in [0.3, 0.4) is 0 Å². The molecule has 1 aromatic rings. The van der Waals surface area contributed by atoms with E-state index < -0.39 is 26.0 Å². The lowest BCUT2D eigenvalue weighted by molar-refractivity contribution is 0.568. The predicted molar refractivity (Wildman–Crippen MR) is 63.8 cm³/mol. The van der Waals surface area contributed by atoms with Crippen molar-refractivity contribution in [3.63, 3.8) is 0 Å². The molecular formula is C14H22. The summed E-state index contributed by atoms with van der Waals surface area (Å²) in [7, 11) is 0. The lowest BCUT2D eigenvalue weighted by Gasteiger charge is -2.24. The summed E-state index contributed by atoms with van der Waals surface area (Å²) in [6.07, 6.45) is 0. The molecule has 0 N–H and O–H groups in total. The molecule has 0 fully saturated rings. The second kappa shape index (κ2) is 3.42. The highest BCUT2D eigenvalue weighted by molar-refractivity contribution is 5.32. The minimum absolute atomic E-state index is 0.204. The molecule has 0 saturated heterocycles. The van der Waals surface area contributed by atoms with Crippen molar-refractivity contribution in [1.29, 1.82) is 0 Å². The van der Waals surface area contributed by atoms with Gasteiger partial charge in [-0.2, -0.15) is 0 Å². The van der Waals surface area contributed by atoms with Crippen LogP contribution in [0.2, 0.25) is 0 Å². The number of hydrogen-bond acceptors (Lipinski definition) is 0. The van der Waals surface area contributed by atoms with E-state index in [1.807, 2.05) is 20.8 Å². The SMILES string of the molecule is [2H]C([2H])([2H])C(c1cccc(C(C)(C)C)c1)(C([2H])([2H])[2H])C([2H])([2H])[2H]. The summed E-state index contributed by atoms with van der Waals surface area (Å²) in [5.74, 6) is 0. The number of benzene rings is 1. The molecule has 0 atom stereocenters. The second-order valence-electron chi connectivity index (χ2n) is 4.58. The molecule has 0 heteroatoms. The Kier molecular flexibility index (Phi) is 0.976. The van der Waals surface area contributed by atoms with Gasteiger partial charge in [-0.3, -0.25) is 0 Å². The van der Waals surface area contributed by atoms with Crippen LogP contribution in [0.25, 0.3) is 0 Å². The third-order valence-corrected chi connectivity index (χ3v) is 2.16. The highest BCUT2D eigenvalue weighted by Crippen LogP contribution is 2.28. The van der Waals surface area contributed by atoms with Crippen molar-refractivity contribution in [3.8, 4) is 0 Å². The van der Waals surface area contributed by atoms with Crippen LogP contribution in [0, 0.1) is 0 Å². The Hall–Kier alpha value is -0.780. The smallest absolute Gasteiger partial charge is 0.0239 e. The molecule has 1 rings (SSSR count). The summed E-state index contributed by atoms with van der Waals surface area (Å²) < 4.78 is 69.5. The topological polar surface area (TPSA) is 0 Å². The zero-order valence-corrected chi connectivity index (χ0v) is 8.81. The van der Waals surface area contributed by atoms with Gasteiger partial charge in [-0.25, -0.2) is 0 Å². The predicted octanol–water partition coefficient (Wildman–Crippen LogP) is 4.28. The fourth-order valence-electron chi connectivity index (χ4n) is 1.22. The largest absolute Gasteiger partial charge is 0.0617 e. The summed E-state index contributed by atoms with van der Waals surface area (Å²) in [5.41, 5.74) is -2.84. The van der Waals surface area contributed by atoms with Gasteiger partial charge in [-0.15, -0.1) is 0 Å². The second-order valence-corrected chi connectivity index (χ2v) is 4.58. The van der Waals surface area contributed by atoms with Gasteiger partial charge in [0.05, 0.1) is 0 Å². The van der Waals surface area contributed by atoms with Crippen LogP contribution in [0.1, 0.15) is 64.8 Å². The van der Waals surface area contributed by atoms with Crippen molar-refractivity contribution in [2.75, 3.05) is 0 Å². The lowest BCUT2D eigenvalue weighted by Crippen LogP contribution is -2.15. The highest BCUT2D eigenvalue weighted by atomic mass is 14.2. The van der Waals surface area contributed by atoms with Crippen LogP contribution in [0.5, 0.6) is 0 Å². The molecular weight excluding hydrogens is 168 g/mol. The van der Waals surface area contributed by atoms with Crippen LogP contribution >= 0.6 is 0 Å². The fraction of sp³-hybridized carbons (Fsp3) is 0.571. The molecule has 0 amide bonds. The first-order chi connectivity index (χ1) is 9.96. The van der Waals surface area contributed by atoms with Crippen LogP contribution < -0.4 is 0 Å². The van der Waals surface area contributed by atoms with Crippen LogP contribution in [-0.2, 0) is 10.8 Å². The van der Waals surface area contributed by atoms with Gasteiger partial charge < -0.3 is 0 Å². The van der Waals surface area contributed by atoms with E-state index in [4.69, 9.17) is 12.3 Å². The molecule has 0 spiro atoms. The van der Waals surface area contributed by atoms with Crippen molar-refractivity contribution in [3.05, 3.63) is 35.4 Å². The monoisotopic (exact) mass is 199 g/mol. The van der Waals surface area contributed by atoms with Gasteiger partial charge in [0.15, 0.2) is 0 Å². The van der Waals surface area contributed by atoms with Crippen molar-refractivity contribution in [2.24, 2.45) is 0 Å². The first-order valence-electron chi connectivity index (χ1n) is 9.07. The summed E-state index contributed by atoms with van der Waals surface area (Å²) >= 11 is 0. The van der Waals surface area contributed by atoms with Crippen LogP contribution in [-0.4, -0.2) is 0 Å². The molecule has 1 aromatic carbocycles. The van der Waals surface area contributed by atoms with Gasteiger partial charge in [0, 0.05) is 12.3 Å². The maximum absolute atomic E-state index is 7.73. The average Bonchev–Trinajstić information content (AvgIpc) is 2.22. The number of rotatable bonds is 0. The zero-order chi connectivity index (χ0) is 18.5. The van der Waals surface area contributed by atoms with E-state index >= 15 is 0 Å². The normalized spacial score (nSPS) is 25.2. The van der Waals surface area contributed by atoms with E-state index in [-0.39, 0.29) is 11.0 Å². The van der Waals surface area contributed by atoms with Crippen molar-refractivity contribution in [2.45, 2.75) is 52.2 Å².